The molecule has 2 heterocycles. The van der Waals surface area contributed by atoms with Crippen molar-refractivity contribution in [3.8, 4) is 0 Å². The van der Waals surface area contributed by atoms with Crippen molar-refractivity contribution in [1.82, 2.24) is 14.8 Å². The maximum absolute atomic E-state index is 5.92. The fraction of sp³-hybridized carbons (Fsp3) is 0.833. The van der Waals surface area contributed by atoms with Crippen molar-refractivity contribution in [2.75, 3.05) is 6.61 Å². The largest absolute Gasteiger partial charge is 0.367 e. The van der Waals surface area contributed by atoms with Crippen LogP contribution < -0.4 is 0 Å². The number of hydrogen-bond acceptors (Lipinski definition) is 3. The Morgan fingerprint density at radius 2 is 2.24 bits per heavy atom. The van der Waals surface area contributed by atoms with Gasteiger partial charge in [0.25, 0.3) is 0 Å². The predicted octanol–water partition coefficient (Wildman–Crippen LogP) is 2.70. The molecule has 0 N–H and O–H groups in total. The molecular weight excluding hydrogens is 238 g/mol. The highest BCUT2D eigenvalue weighted by Gasteiger charge is 2.37. The van der Waals surface area contributed by atoms with Gasteiger partial charge in [0, 0.05) is 13.2 Å². The van der Waals surface area contributed by atoms with Crippen LogP contribution in [-0.2, 0) is 22.8 Å². The van der Waals surface area contributed by atoms with Crippen molar-refractivity contribution >= 4 is 11.6 Å². The van der Waals surface area contributed by atoms with E-state index in [4.69, 9.17) is 16.3 Å². The second-order valence-electron chi connectivity index (χ2n) is 5.26. The molecule has 0 spiro atoms. The smallest absolute Gasteiger partial charge is 0.165 e. The minimum absolute atomic E-state index is 0.286. The summed E-state index contributed by atoms with van der Waals surface area (Å²) in [7, 11) is 0. The summed E-state index contributed by atoms with van der Waals surface area (Å²) in [5, 5.41) is 8.48. The van der Waals surface area contributed by atoms with E-state index in [1.165, 1.54) is 0 Å². The molecule has 1 atom stereocenters. The Bertz CT molecular complexity index is 383. The second kappa shape index (κ2) is 4.94. The molecule has 1 aromatic rings. The van der Waals surface area contributed by atoms with Gasteiger partial charge >= 0.3 is 0 Å². The van der Waals surface area contributed by atoms with Crippen molar-refractivity contribution in [3.63, 3.8) is 0 Å². The Labute approximate surface area is 107 Å². The summed E-state index contributed by atoms with van der Waals surface area (Å²) in [6.45, 7) is 8.16. The van der Waals surface area contributed by atoms with E-state index < -0.39 is 0 Å². The summed E-state index contributed by atoms with van der Waals surface area (Å²) in [6, 6.07) is 0. The molecule has 0 aromatic carbocycles. The Balaban J connectivity index is 2.36. The summed E-state index contributed by atoms with van der Waals surface area (Å²) in [4.78, 5) is 0. The molecule has 17 heavy (non-hydrogen) atoms. The molecule has 1 saturated heterocycles. The lowest BCUT2D eigenvalue weighted by molar-refractivity contribution is 0.00569. The molecule has 0 aliphatic carbocycles. The minimum Gasteiger partial charge on any atom is -0.367 e. The third-order valence-electron chi connectivity index (χ3n) is 3.19. The van der Waals surface area contributed by atoms with E-state index in [2.05, 4.69) is 35.5 Å². The summed E-state index contributed by atoms with van der Waals surface area (Å²) in [5.74, 6) is 2.71. The molecule has 1 unspecified atom stereocenters. The minimum atomic E-state index is -0.286. The average Bonchev–Trinajstić information content (AvgIpc) is 2.85. The lowest BCUT2D eigenvalue weighted by Crippen LogP contribution is -2.27. The van der Waals surface area contributed by atoms with Gasteiger partial charge in [-0.15, -0.1) is 21.8 Å². The average molecular weight is 258 g/mol. The fourth-order valence-corrected chi connectivity index (χ4v) is 2.54. The zero-order valence-electron chi connectivity index (χ0n) is 10.7. The normalized spacial score (nSPS) is 24.8. The summed E-state index contributed by atoms with van der Waals surface area (Å²) in [5.41, 5.74) is -0.286. The SMILES string of the molecule is CC(C)Cn1c(CCl)nnc1C1(C)CCCO1. The summed E-state index contributed by atoms with van der Waals surface area (Å²) in [6.07, 6.45) is 2.09. The van der Waals surface area contributed by atoms with Gasteiger partial charge in [-0.05, 0) is 25.7 Å². The van der Waals surface area contributed by atoms with Crippen LogP contribution in [-0.4, -0.2) is 21.4 Å². The standard InChI is InChI=1S/C12H20ClN3O/c1-9(2)8-16-10(7-13)14-15-11(16)12(3)5-4-6-17-12/h9H,4-8H2,1-3H3. The number of aromatic nitrogens is 3. The predicted molar refractivity (Wildman–Crippen MR) is 67.0 cm³/mol. The van der Waals surface area contributed by atoms with E-state index in [9.17, 15) is 0 Å². The first-order valence-corrected chi connectivity index (χ1v) is 6.73. The van der Waals surface area contributed by atoms with Gasteiger partial charge < -0.3 is 9.30 Å². The van der Waals surface area contributed by atoms with Crippen molar-refractivity contribution in [3.05, 3.63) is 11.6 Å². The lowest BCUT2D eigenvalue weighted by Gasteiger charge is -2.24. The summed E-state index contributed by atoms with van der Waals surface area (Å²) >= 11 is 5.92. The number of alkyl halides is 1. The van der Waals surface area contributed by atoms with E-state index in [-0.39, 0.29) is 5.60 Å². The zero-order chi connectivity index (χ0) is 12.5. The van der Waals surface area contributed by atoms with Crippen LogP contribution in [0.15, 0.2) is 0 Å². The molecule has 0 radical (unpaired) electrons. The van der Waals surface area contributed by atoms with E-state index in [0.29, 0.717) is 11.8 Å². The molecule has 1 aliphatic heterocycles. The van der Waals surface area contributed by atoms with Crippen LogP contribution in [0.25, 0.3) is 0 Å². The van der Waals surface area contributed by atoms with E-state index >= 15 is 0 Å². The van der Waals surface area contributed by atoms with E-state index in [1.54, 1.807) is 0 Å². The van der Waals surface area contributed by atoms with Crippen LogP contribution in [0.5, 0.6) is 0 Å². The Morgan fingerprint density at radius 3 is 2.76 bits per heavy atom. The molecule has 0 saturated carbocycles. The first-order chi connectivity index (χ1) is 8.07. The highest BCUT2D eigenvalue weighted by atomic mass is 35.5. The number of rotatable bonds is 4. The molecule has 0 amide bonds. The molecule has 1 fully saturated rings. The van der Waals surface area contributed by atoms with Gasteiger partial charge in [-0.25, -0.2) is 0 Å². The zero-order valence-corrected chi connectivity index (χ0v) is 11.5. The van der Waals surface area contributed by atoms with Crippen LogP contribution in [0.2, 0.25) is 0 Å². The number of nitrogens with zero attached hydrogens (tertiary/aromatic N) is 3. The molecule has 1 aromatic heterocycles. The number of ether oxygens (including phenoxy) is 1. The Hall–Kier alpha value is -0.610. The van der Waals surface area contributed by atoms with Crippen molar-refractivity contribution < 1.29 is 4.74 Å². The third-order valence-corrected chi connectivity index (χ3v) is 3.43. The first-order valence-electron chi connectivity index (χ1n) is 6.19. The maximum Gasteiger partial charge on any atom is 0.165 e. The monoisotopic (exact) mass is 257 g/mol. The first kappa shape index (κ1) is 12.8. The van der Waals surface area contributed by atoms with Gasteiger partial charge in [-0.2, -0.15) is 0 Å². The van der Waals surface area contributed by atoms with E-state index in [0.717, 1.165) is 37.6 Å². The van der Waals surface area contributed by atoms with Crippen LogP contribution in [0, 0.1) is 5.92 Å². The van der Waals surface area contributed by atoms with Crippen LogP contribution >= 0.6 is 11.6 Å². The van der Waals surface area contributed by atoms with Gasteiger partial charge in [0.1, 0.15) is 11.4 Å². The van der Waals surface area contributed by atoms with Crippen LogP contribution in [0.3, 0.4) is 0 Å². The van der Waals surface area contributed by atoms with Crippen LogP contribution in [0.4, 0.5) is 0 Å². The molecule has 0 bridgehead atoms. The maximum atomic E-state index is 5.92. The molecule has 1 aliphatic rings. The highest BCUT2D eigenvalue weighted by Crippen LogP contribution is 2.35. The quantitative estimate of drug-likeness (QED) is 0.779. The molecule has 5 heteroatoms. The van der Waals surface area contributed by atoms with Gasteiger partial charge in [-0.1, -0.05) is 13.8 Å². The molecule has 96 valence electrons. The molecule has 4 nitrogen and oxygen atoms in total. The second-order valence-corrected chi connectivity index (χ2v) is 5.53. The number of hydrogen-bond donors (Lipinski definition) is 0. The molecule has 2 rings (SSSR count). The topological polar surface area (TPSA) is 39.9 Å². The van der Waals surface area contributed by atoms with Crippen molar-refractivity contribution in [2.24, 2.45) is 5.92 Å². The molecular formula is C12H20ClN3O. The lowest BCUT2D eigenvalue weighted by atomic mass is 10.0. The van der Waals surface area contributed by atoms with Crippen molar-refractivity contribution in [1.29, 1.82) is 0 Å². The highest BCUT2D eigenvalue weighted by molar-refractivity contribution is 6.16. The third kappa shape index (κ3) is 2.47. The Morgan fingerprint density at radius 1 is 1.47 bits per heavy atom. The van der Waals surface area contributed by atoms with Crippen molar-refractivity contribution in [2.45, 2.75) is 51.6 Å². The van der Waals surface area contributed by atoms with Gasteiger partial charge in [0.2, 0.25) is 0 Å². The van der Waals surface area contributed by atoms with Gasteiger partial charge in [-0.3, -0.25) is 0 Å². The van der Waals surface area contributed by atoms with Crippen LogP contribution in [0.1, 0.15) is 45.3 Å². The summed E-state index contributed by atoms with van der Waals surface area (Å²) < 4.78 is 7.97. The Kier molecular flexibility index (Phi) is 3.73. The van der Waals surface area contributed by atoms with Gasteiger partial charge in [0.05, 0.1) is 5.88 Å². The van der Waals surface area contributed by atoms with E-state index in [1.807, 2.05) is 0 Å². The fourth-order valence-electron chi connectivity index (χ4n) is 2.34. The number of halogens is 1. The van der Waals surface area contributed by atoms with Gasteiger partial charge in [0.15, 0.2) is 5.82 Å².